The number of nitrogens with zero attached hydrogens (tertiary/aromatic N) is 2. The van der Waals surface area contributed by atoms with Crippen LogP contribution >= 0.6 is 0 Å². The first-order chi connectivity index (χ1) is 14.4. The van der Waals surface area contributed by atoms with Crippen molar-refractivity contribution in [3.63, 3.8) is 0 Å². The summed E-state index contributed by atoms with van der Waals surface area (Å²) in [5.41, 5.74) is 8.47. The molecule has 0 aliphatic heterocycles. The van der Waals surface area contributed by atoms with Gasteiger partial charge in [-0.1, -0.05) is 18.2 Å². The molecule has 1 atom stereocenters. The maximum Gasteiger partial charge on any atom is 0.287 e. The second kappa shape index (κ2) is 7.82. The Morgan fingerprint density at radius 2 is 1.77 bits per heavy atom. The first-order valence-corrected chi connectivity index (χ1v) is 10.2. The highest BCUT2D eigenvalue weighted by Crippen LogP contribution is 2.27. The molecule has 0 fully saturated rings. The smallest absolute Gasteiger partial charge is 0.287 e. The van der Waals surface area contributed by atoms with E-state index in [1.54, 1.807) is 12.1 Å². The summed E-state index contributed by atoms with van der Waals surface area (Å²) >= 11 is 0. The number of fused-ring (bicyclic) bond motifs is 1. The van der Waals surface area contributed by atoms with E-state index in [9.17, 15) is 4.79 Å². The lowest BCUT2D eigenvalue weighted by atomic mass is 9.94. The molecule has 0 saturated carbocycles. The van der Waals surface area contributed by atoms with Gasteiger partial charge in [0.05, 0.1) is 23.3 Å². The molecule has 30 heavy (non-hydrogen) atoms. The van der Waals surface area contributed by atoms with Gasteiger partial charge in [-0.15, -0.1) is 0 Å². The summed E-state index contributed by atoms with van der Waals surface area (Å²) in [6, 6.07) is 13.4. The van der Waals surface area contributed by atoms with Crippen molar-refractivity contribution in [1.29, 1.82) is 0 Å². The fourth-order valence-electron chi connectivity index (χ4n) is 4.02. The topological polar surface area (TPSA) is 60.1 Å². The summed E-state index contributed by atoms with van der Waals surface area (Å²) in [5, 5.41) is 3.02. The summed E-state index contributed by atoms with van der Waals surface area (Å²) in [6.07, 6.45) is 1.50. The van der Waals surface area contributed by atoms with E-state index in [4.69, 9.17) is 9.40 Å². The van der Waals surface area contributed by atoms with Crippen molar-refractivity contribution in [1.82, 2.24) is 14.9 Å². The lowest BCUT2D eigenvalue weighted by Gasteiger charge is -2.20. The van der Waals surface area contributed by atoms with Crippen LogP contribution < -0.4 is 5.32 Å². The molecule has 5 nitrogen and oxygen atoms in total. The molecule has 154 valence electrons. The Labute approximate surface area is 176 Å². The first kappa shape index (κ1) is 20.0. The Kier molecular flexibility index (Phi) is 5.20. The average molecular weight is 402 g/mol. The monoisotopic (exact) mass is 401 g/mol. The number of aryl methyl sites for hydroxylation is 2. The van der Waals surface area contributed by atoms with E-state index in [1.807, 2.05) is 25.1 Å². The number of nitrogens with one attached hydrogen (secondary N) is 1. The van der Waals surface area contributed by atoms with Gasteiger partial charge in [-0.2, -0.15) is 0 Å². The number of carbonyl (C=O) groups is 1. The number of benzene rings is 2. The number of amides is 1. The van der Waals surface area contributed by atoms with Crippen LogP contribution in [0.1, 0.15) is 57.2 Å². The SMILES string of the molecule is Cc1cc(C)c(C)c(Cn2c([C@@H](C)NC(=O)c3ccco3)nc3ccccc32)c1C. The van der Waals surface area contributed by atoms with Crippen LogP contribution in [0.2, 0.25) is 0 Å². The van der Waals surface area contributed by atoms with E-state index in [-0.39, 0.29) is 11.9 Å². The summed E-state index contributed by atoms with van der Waals surface area (Å²) in [4.78, 5) is 17.4. The number of imidazole rings is 1. The number of para-hydroxylation sites is 2. The molecular weight excluding hydrogens is 374 g/mol. The standard InChI is InChI=1S/C25H27N3O2/c1-15-13-16(2)18(4)20(17(15)3)14-28-22-10-7-6-9-21(22)27-24(28)19(5)26-25(29)23-11-8-12-30-23/h6-13,19H,14H2,1-5H3,(H,26,29)/t19-/m1/s1. The molecule has 2 aromatic carbocycles. The number of carbonyl (C=O) groups excluding carboxylic acids is 1. The minimum atomic E-state index is -0.276. The summed E-state index contributed by atoms with van der Waals surface area (Å²) < 4.78 is 7.45. The van der Waals surface area contributed by atoms with Crippen molar-refractivity contribution in [2.75, 3.05) is 0 Å². The molecule has 1 amide bonds. The van der Waals surface area contributed by atoms with Crippen LogP contribution in [-0.2, 0) is 6.54 Å². The summed E-state index contributed by atoms with van der Waals surface area (Å²) in [6.45, 7) is 11.3. The molecular formula is C25H27N3O2. The van der Waals surface area contributed by atoms with Gasteiger partial charge in [-0.3, -0.25) is 4.79 Å². The largest absolute Gasteiger partial charge is 0.459 e. The van der Waals surface area contributed by atoms with E-state index < -0.39 is 0 Å². The van der Waals surface area contributed by atoms with Gasteiger partial charge in [-0.05, 0) is 86.7 Å². The number of rotatable bonds is 5. The predicted octanol–water partition coefficient (Wildman–Crippen LogP) is 5.40. The highest BCUT2D eigenvalue weighted by Gasteiger charge is 2.21. The van der Waals surface area contributed by atoms with Gasteiger partial charge < -0.3 is 14.3 Å². The van der Waals surface area contributed by atoms with Crippen LogP contribution in [0.25, 0.3) is 11.0 Å². The van der Waals surface area contributed by atoms with Gasteiger partial charge >= 0.3 is 0 Å². The molecule has 4 rings (SSSR count). The van der Waals surface area contributed by atoms with Gasteiger partial charge in [-0.25, -0.2) is 4.98 Å². The molecule has 4 aromatic rings. The van der Waals surface area contributed by atoms with Crippen LogP contribution in [0.15, 0.2) is 53.1 Å². The van der Waals surface area contributed by atoms with Crippen molar-refractivity contribution >= 4 is 16.9 Å². The van der Waals surface area contributed by atoms with Crippen LogP contribution in [-0.4, -0.2) is 15.5 Å². The minimum absolute atomic E-state index is 0.245. The van der Waals surface area contributed by atoms with Crippen molar-refractivity contribution in [2.24, 2.45) is 0 Å². The number of hydrogen-bond acceptors (Lipinski definition) is 3. The zero-order chi connectivity index (χ0) is 21.4. The normalized spacial score (nSPS) is 12.3. The van der Waals surface area contributed by atoms with Gasteiger partial charge in [0.2, 0.25) is 0 Å². The molecule has 5 heteroatoms. The third-order valence-electron chi connectivity index (χ3n) is 6.00. The molecule has 0 bridgehead atoms. The molecule has 0 aliphatic rings. The van der Waals surface area contributed by atoms with Crippen LogP contribution in [0, 0.1) is 27.7 Å². The quantitative estimate of drug-likeness (QED) is 0.487. The maximum absolute atomic E-state index is 12.5. The Bertz CT molecular complexity index is 1190. The Hall–Kier alpha value is -3.34. The van der Waals surface area contributed by atoms with Crippen molar-refractivity contribution in [3.8, 4) is 0 Å². The molecule has 2 heterocycles. The predicted molar refractivity (Wildman–Crippen MR) is 119 cm³/mol. The van der Waals surface area contributed by atoms with Crippen molar-refractivity contribution in [3.05, 3.63) is 88.1 Å². The second-order valence-corrected chi connectivity index (χ2v) is 7.96. The molecule has 0 saturated heterocycles. The fraction of sp³-hybridized carbons (Fsp3) is 0.280. The highest BCUT2D eigenvalue weighted by atomic mass is 16.3. The molecule has 0 spiro atoms. The third-order valence-corrected chi connectivity index (χ3v) is 6.00. The van der Waals surface area contributed by atoms with Crippen molar-refractivity contribution in [2.45, 2.75) is 47.2 Å². The van der Waals surface area contributed by atoms with E-state index in [0.29, 0.717) is 12.3 Å². The van der Waals surface area contributed by atoms with E-state index >= 15 is 0 Å². The lowest BCUT2D eigenvalue weighted by molar-refractivity contribution is 0.0909. The van der Waals surface area contributed by atoms with E-state index in [0.717, 1.165) is 16.9 Å². The minimum Gasteiger partial charge on any atom is -0.459 e. The van der Waals surface area contributed by atoms with E-state index in [1.165, 1.54) is 34.1 Å². The molecule has 0 unspecified atom stereocenters. The van der Waals surface area contributed by atoms with Gasteiger partial charge in [0.25, 0.3) is 5.91 Å². The van der Waals surface area contributed by atoms with Gasteiger partial charge in [0, 0.05) is 6.54 Å². The molecule has 2 aromatic heterocycles. The van der Waals surface area contributed by atoms with Crippen LogP contribution in [0.4, 0.5) is 0 Å². The number of hydrogen-bond donors (Lipinski definition) is 1. The Balaban J connectivity index is 1.77. The van der Waals surface area contributed by atoms with E-state index in [2.05, 4.69) is 49.7 Å². The zero-order valence-electron chi connectivity index (χ0n) is 18.1. The Morgan fingerprint density at radius 1 is 1.07 bits per heavy atom. The van der Waals surface area contributed by atoms with Gasteiger partial charge in [0.1, 0.15) is 5.82 Å². The average Bonchev–Trinajstić information content (AvgIpc) is 3.38. The number of aromatic nitrogens is 2. The second-order valence-electron chi connectivity index (χ2n) is 7.96. The van der Waals surface area contributed by atoms with Gasteiger partial charge in [0.15, 0.2) is 5.76 Å². The maximum atomic E-state index is 12.5. The fourth-order valence-corrected chi connectivity index (χ4v) is 4.02. The lowest BCUT2D eigenvalue weighted by Crippen LogP contribution is -2.28. The Morgan fingerprint density at radius 3 is 2.43 bits per heavy atom. The molecule has 0 aliphatic carbocycles. The molecule has 0 radical (unpaired) electrons. The summed E-state index contributed by atoms with van der Waals surface area (Å²) in [7, 11) is 0. The number of furan rings is 1. The van der Waals surface area contributed by atoms with Crippen LogP contribution in [0.3, 0.4) is 0 Å². The highest BCUT2D eigenvalue weighted by molar-refractivity contribution is 5.91. The summed E-state index contributed by atoms with van der Waals surface area (Å²) in [5.74, 6) is 0.879. The molecule has 1 N–H and O–H groups in total. The first-order valence-electron chi connectivity index (χ1n) is 10.2. The zero-order valence-corrected chi connectivity index (χ0v) is 18.1. The third kappa shape index (κ3) is 3.52. The van der Waals surface area contributed by atoms with Crippen LogP contribution in [0.5, 0.6) is 0 Å². The van der Waals surface area contributed by atoms with Crippen molar-refractivity contribution < 1.29 is 9.21 Å².